The van der Waals surface area contributed by atoms with E-state index in [2.05, 4.69) is 0 Å². The number of hydrogen-bond acceptors (Lipinski definition) is 2. The molecule has 0 spiro atoms. The van der Waals surface area contributed by atoms with Gasteiger partial charge in [0.05, 0.1) is 5.60 Å². The maximum atomic E-state index is 13.6. The summed E-state index contributed by atoms with van der Waals surface area (Å²) < 4.78 is 13.6. The first-order chi connectivity index (χ1) is 9.24. The van der Waals surface area contributed by atoms with Crippen molar-refractivity contribution in [1.29, 1.82) is 0 Å². The van der Waals surface area contributed by atoms with Gasteiger partial charge in [-0.2, -0.15) is 0 Å². The molecular formula is C16H24FNO2. The van der Waals surface area contributed by atoms with Gasteiger partial charge in [0, 0.05) is 19.0 Å². The van der Waals surface area contributed by atoms with Gasteiger partial charge in [-0.1, -0.05) is 25.1 Å². The van der Waals surface area contributed by atoms with Crippen molar-refractivity contribution < 1.29 is 14.3 Å². The van der Waals surface area contributed by atoms with Crippen molar-refractivity contribution in [2.75, 3.05) is 13.1 Å². The van der Waals surface area contributed by atoms with Crippen LogP contribution in [0.3, 0.4) is 0 Å². The van der Waals surface area contributed by atoms with Crippen LogP contribution in [0, 0.1) is 11.7 Å². The average molecular weight is 281 g/mol. The molecule has 1 atom stereocenters. The number of carbonyl (C=O) groups excluding carboxylic acids is 1. The number of likely N-dealkylation sites (N-methyl/N-ethyl adjacent to an activating group) is 1. The smallest absolute Gasteiger partial charge is 0.225 e. The van der Waals surface area contributed by atoms with Crippen LogP contribution in [-0.2, 0) is 11.2 Å². The summed E-state index contributed by atoms with van der Waals surface area (Å²) in [6.07, 6.45) is 0.369. The molecule has 3 nitrogen and oxygen atoms in total. The molecule has 0 saturated heterocycles. The van der Waals surface area contributed by atoms with E-state index in [-0.39, 0.29) is 24.2 Å². The normalized spacial score (nSPS) is 13.1. The van der Waals surface area contributed by atoms with Crippen LogP contribution >= 0.6 is 0 Å². The topological polar surface area (TPSA) is 40.5 Å². The molecule has 1 aromatic rings. The number of amides is 1. The Balaban J connectivity index is 2.73. The predicted molar refractivity (Wildman–Crippen MR) is 77.8 cm³/mol. The molecule has 1 aromatic carbocycles. The first-order valence-corrected chi connectivity index (χ1v) is 6.99. The zero-order valence-corrected chi connectivity index (χ0v) is 12.7. The van der Waals surface area contributed by atoms with Gasteiger partial charge < -0.3 is 10.0 Å². The Hall–Kier alpha value is -1.42. The van der Waals surface area contributed by atoms with Gasteiger partial charge in [-0.15, -0.1) is 0 Å². The van der Waals surface area contributed by atoms with Crippen molar-refractivity contribution >= 4 is 5.91 Å². The Morgan fingerprint density at radius 2 is 2.00 bits per heavy atom. The zero-order chi connectivity index (χ0) is 15.3. The molecule has 0 aliphatic rings. The fourth-order valence-corrected chi connectivity index (χ4v) is 2.21. The lowest BCUT2D eigenvalue weighted by molar-refractivity contribution is -0.137. The van der Waals surface area contributed by atoms with Crippen LogP contribution in [0.5, 0.6) is 0 Å². The fraction of sp³-hybridized carbons (Fsp3) is 0.562. The largest absolute Gasteiger partial charge is 0.389 e. The highest BCUT2D eigenvalue weighted by atomic mass is 19.1. The summed E-state index contributed by atoms with van der Waals surface area (Å²) in [4.78, 5) is 14.0. The summed E-state index contributed by atoms with van der Waals surface area (Å²) in [5.74, 6) is -0.648. The monoisotopic (exact) mass is 281 g/mol. The highest BCUT2D eigenvalue weighted by molar-refractivity contribution is 5.78. The van der Waals surface area contributed by atoms with E-state index in [1.165, 1.54) is 6.07 Å². The van der Waals surface area contributed by atoms with Crippen molar-refractivity contribution in [2.24, 2.45) is 5.92 Å². The van der Waals surface area contributed by atoms with Crippen molar-refractivity contribution in [3.05, 3.63) is 35.6 Å². The van der Waals surface area contributed by atoms with Crippen LogP contribution in [0.2, 0.25) is 0 Å². The van der Waals surface area contributed by atoms with Crippen molar-refractivity contribution in [3.8, 4) is 0 Å². The second-order valence-electron chi connectivity index (χ2n) is 5.86. The van der Waals surface area contributed by atoms with Crippen LogP contribution in [0.1, 0.15) is 33.3 Å². The lowest BCUT2D eigenvalue weighted by Crippen LogP contribution is -2.44. The van der Waals surface area contributed by atoms with Crippen LogP contribution in [0.25, 0.3) is 0 Å². The minimum atomic E-state index is -0.927. The molecule has 1 amide bonds. The van der Waals surface area contributed by atoms with Crippen LogP contribution in [0.15, 0.2) is 24.3 Å². The molecule has 0 radical (unpaired) electrons. The molecule has 0 saturated carbocycles. The van der Waals surface area contributed by atoms with Gasteiger partial charge in [-0.25, -0.2) is 4.39 Å². The Labute approximate surface area is 120 Å². The van der Waals surface area contributed by atoms with Crippen LogP contribution in [-0.4, -0.2) is 34.6 Å². The quantitative estimate of drug-likeness (QED) is 0.871. The standard InChI is InChI=1S/C16H24FNO2/c1-5-18(11-16(3,4)20)15(19)12(2)10-13-8-6-7-9-14(13)17/h6-9,12,20H,5,10-11H2,1-4H3. The summed E-state index contributed by atoms with van der Waals surface area (Å²) >= 11 is 0. The fourth-order valence-electron chi connectivity index (χ4n) is 2.21. The van der Waals surface area contributed by atoms with E-state index < -0.39 is 5.60 Å². The second-order valence-corrected chi connectivity index (χ2v) is 5.86. The molecule has 0 fully saturated rings. The Morgan fingerprint density at radius 3 is 2.50 bits per heavy atom. The molecule has 0 aromatic heterocycles. The van der Waals surface area contributed by atoms with Gasteiger partial charge in [-0.05, 0) is 38.8 Å². The number of halogens is 1. The SMILES string of the molecule is CCN(CC(C)(C)O)C(=O)C(C)Cc1ccccc1F. The molecule has 0 aliphatic heterocycles. The third-order valence-electron chi connectivity index (χ3n) is 3.18. The average Bonchev–Trinajstić information content (AvgIpc) is 2.36. The van der Waals surface area contributed by atoms with E-state index in [1.54, 1.807) is 43.9 Å². The second kappa shape index (κ2) is 6.84. The predicted octanol–water partition coefficient (Wildman–Crippen LogP) is 2.62. The Bertz CT molecular complexity index is 454. The van der Waals surface area contributed by atoms with E-state index in [4.69, 9.17) is 0 Å². The minimum Gasteiger partial charge on any atom is -0.389 e. The highest BCUT2D eigenvalue weighted by Gasteiger charge is 2.25. The number of carbonyl (C=O) groups is 1. The summed E-state index contributed by atoms with van der Waals surface area (Å²) in [7, 11) is 0. The van der Waals surface area contributed by atoms with E-state index in [1.807, 2.05) is 6.92 Å². The van der Waals surface area contributed by atoms with Crippen molar-refractivity contribution in [1.82, 2.24) is 4.90 Å². The van der Waals surface area contributed by atoms with Crippen LogP contribution < -0.4 is 0 Å². The first kappa shape index (κ1) is 16.6. The number of rotatable bonds is 6. The molecule has 0 bridgehead atoms. The lowest BCUT2D eigenvalue weighted by Gasteiger charge is -2.30. The number of hydrogen-bond donors (Lipinski definition) is 1. The summed E-state index contributed by atoms with van der Waals surface area (Å²) in [5.41, 5.74) is -0.378. The maximum Gasteiger partial charge on any atom is 0.225 e. The van der Waals surface area contributed by atoms with Gasteiger partial charge in [-0.3, -0.25) is 4.79 Å². The molecule has 0 aliphatic carbocycles. The van der Waals surface area contributed by atoms with Gasteiger partial charge in [0.2, 0.25) is 5.91 Å². The molecular weight excluding hydrogens is 257 g/mol. The van der Waals surface area contributed by atoms with Crippen molar-refractivity contribution in [2.45, 2.75) is 39.7 Å². The summed E-state index contributed by atoms with van der Waals surface area (Å²) in [6.45, 7) is 7.82. The molecule has 4 heteroatoms. The van der Waals surface area contributed by atoms with Gasteiger partial charge in [0.1, 0.15) is 5.82 Å². The van der Waals surface area contributed by atoms with Crippen LogP contribution in [0.4, 0.5) is 4.39 Å². The van der Waals surface area contributed by atoms with E-state index in [9.17, 15) is 14.3 Å². The number of nitrogens with zero attached hydrogens (tertiary/aromatic N) is 1. The van der Waals surface area contributed by atoms with E-state index in [0.29, 0.717) is 18.5 Å². The number of aliphatic hydroxyl groups is 1. The molecule has 20 heavy (non-hydrogen) atoms. The van der Waals surface area contributed by atoms with Crippen molar-refractivity contribution in [3.63, 3.8) is 0 Å². The summed E-state index contributed by atoms with van der Waals surface area (Å²) in [6, 6.07) is 6.51. The van der Waals surface area contributed by atoms with Gasteiger partial charge in [0.15, 0.2) is 0 Å². The number of benzene rings is 1. The third-order valence-corrected chi connectivity index (χ3v) is 3.18. The van der Waals surface area contributed by atoms with Gasteiger partial charge >= 0.3 is 0 Å². The highest BCUT2D eigenvalue weighted by Crippen LogP contribution is 2.16. The molecule has 1 N–H and O–H groups in total. The minimum absolute atomic E-state index is 0.0575. The third kappa shape index (κ3) is 4.93. The Morgan fingerprint density at radius 1 is 1.40 bits per heavy atom. The lowest BCUT2D eigenvalue weighted by atomic mass is 9.98. The first-order valence-electron chi connectivity index (χ1n) is 6.99. The molecule has 1 rings (SSSR count). The maximum absolute atomic E-state index is 13.6. The van der Waals surface area contributed by atoms with E-state index >= 15 is 0 Å². The molecule has 1 unspecified atom stereocenters. The van der Waals surface area contributed by atoms with E-state index in [0.717, 1.165) is 0 Å². The Kier molecular flexibility index (Phi) is 5.69. The van der Waals surface area contributed by atoms with Gasteiger partial charge in [0.25, 0.3) is 0 Å². The molecule has 0 heterocycles. The zero-order valence-electron chi connectivity index (χ0n) is 12.7. The molecule has 112 valence electrons. The summed E-state index contributed by atoms with van der Waals surface area (Å²) in [5, 5.41) is 9.83.